The number of aromatic nitrogens is 1. The van der Waals surface area contributed by atoms with Crippen LogP contribution in [0, 0.1) is 0 Å². The van der Waals surface area contributed by atoms with Gasteiger partial charge in [0, 0.05) is 21.8 Å². The molecule has 3 heteroatoms. The Balaban J connectivity index is 2.30. The van der Waals surface area contributed by atoms with Gasteiger partial charge in [0.15, 0.2) is 0 Å². The first kappa shape index (κ1) is 9.90. The van der Waals surface area contributed by atoms with Crippen LogP contribution in [0.25, 0.3) is 21.8 Å². The van der Waals surface area contributed by atoms with E-state index in [1.807, 2.05) is 30.3 Å². The van der Waals surface area contributed by atoms with E-state index in [2.05, 4.69) is 11.1 Å². The number of fused-ring (bicyclic) bond motifs is 3. The molecule has 0 aliphatic heterocycles. The number of esters is 1. The summed E-state index contributed by atoms with van der Waals surface area (Å²) in [6.07, 6.45) is 0. The number of carbonyl (C=O) groups excluding carboxylic acids is 1. The molecule has 0 saturated heterocycles. The lowest BCUT2D eigenvalue weighted by atomic mass is 10.1. The first-order valence-electron chi connectivity index (χ1n) is 5.38. The number of hydrogen-bond acceptors (Lipinski definition) is 2. The van der Waals surface area contributed by atoms with Crippen molar-refractivity contribution in [3.63, 3.8) is 0 Å². The summed E-state index contributed by atoms with van der Waals surface area (Å²) in [5, 5.41) is 2.28. The molecule has 0 bridgehead atoms. The molecule has 17 heavy (non-hydrogen) atoms. The number of benzene rings is 2. The van der Waals surface area contributed by atoms with Gasteiger partial charge in [0.1, 0.15) is 0 Å². The molecule has 3 rings (SSSR count). The Morgan fingerprint density at radius 1 is 1.06 bits per heavy atom. The van der Waals surface area contributed by atoms with E-state index in [1.165, 1.54) is 12.5 Å². The first-order valence-corrected chi connectivity index (χ1v) is 5.38. The summed E-state index contributed by atoms with van der Waals surface area (Å²) in [5.41, 5.74) is 2.59. The second-order valence-electron chi connectivity index (χ2n) is 3.92. The van der Waals surface area contributed by atoms with Gasteiger partial charge in [-0.2, -0.15) is 0 Å². The van der Waals surface area contributed by atoms with Gasteiger partial charge in [-0.1, -0.05) is 24.3 Å². The van der Waals surface area contributed by atoms with Crippen molar-refractivity contribution in [1.29, 1.82) is 0 Å². The van der Waals surface area contributed by atoms with Crippen molar-refractivity contribution in [2.45, 2.75) is 0 Å². The average Bonchev–Trinajstić information content (AvgIpc) is 2.75. The third-order valence-electron chi connectivity index (χ3n) is 2.93. The number of para-hydroxylation sites is 1. The number of rotatable bonds is 1. The van der Waals surface area contributed by atoms with Gasteiger partial charge in [-0.15, -0.1) is 0 Å². The third kappa shape index (κ3) is 1.47. The van der Waals surface area contributed by atoms with Crippen LogP contribution in [0.15, 0.2) is 42.5 Å². The maximum absolute atomic E-state index is 11.4. The van der Waals surface area contributed by atoms with Crippen LogP contribution >= 0.6 is 0 Å². The van der Waals surface area contributed by atoms with Gasteiger partial charge in [0.05, 0.1) is 12.7 Å². The summed E-state index contributed by atoms with van der Waals surface area (Å²) in [6.45, 7) is 0. The van der Waals surface area contributed by atoms with Gasteiger partial charge in [-0.3, -0.25) is 0 Å². The second-order valence-corrected chi connectivity index (χ2v) is 3.92. The van der Waals surface area contributed by atoms with Crippen LogP contribution in [0.1, 0.15) is 10.4 Å². The van der Waals surface area contributed by atoms with Crippen molar-refractivity contribution >= 4 is 27.8 Å². The van der Waals surface area contributed by atoms with Gasteiger partial charge in [-0.05, 0) is 18.2 Å². The molecule has 1 aromatic heterocycles. The van der Waals surface area contributed by atoms with E-state index in [0.717, 1.165) is 16.4 Å². The van der Waals surface area contributed by atoms with Crippen LogP contribution in [0.4, 0.5) is 0 Å². The minimum Gasteiger partial charge on any atom is -0.465 e. The van der Waals surface area contributed by atoms with Crippen molar-refractivity contribution in [2.24, 2.45) is 0 Å². The van der Waals surface area contributed by atoms with Gasteiger partial charge in [0.2, 0.25) is 0 Å². The predicted octanol–water partition coefficient (Wildman–Crippen LogP) is 3.11. The summed E-state index contributed by atoms with van der Waals surface area (Å²) in [6, 6.07) is 13.6. The first-order chi connectivity index (χ1) is 8.29. The molecule has 0 saturated carbocycles. The quantitative estimate of drug-likeness (QED) is 0.646. The third-order valence-corrected chi connectivity index (χ3v) is 2.93. The largest absolute Gasteiger partial charge is 0.465 e. The Labute approximate surface area is 98.0 Å². The summed E-state index contributed by atoms with van der Waals surface area (Å²) in [5.74, 6) is -0.314. The summed E-state index contributed by atoms with van der Waals surface area (Å²) in [7, 11) is 1.39. The molecule has 3 nitrogen and oxygen atoms in total. The Morgan fingerprint density at radius 3 is 2.65 bits per heavy atom. The van der Waals surface area contributed by atoms with E-state index in [-0.39, 0.29) is 5.97 Å². The van der Waals surface area contributed by atoms with E-state index in [1.54, 1.807) is 6.07 Å². The lowest BCUT2D eigenvalue weighted by Gasteiger charge is -1.98. The minimum absolute atomic E-state index is 0.314. The minimum atomic E-state index is -0.314. The van der Waals surface area contributed by atoms with E-state index >= 15 is 0 Å². The Morgan fingerprint density at radius 2 is 1.82 bits per heavy atom. The van der Waals surface area contributed by atoms with E-state index in [9.17, 15) is 4.79 Å². The van der Waals surface area contributed by atoms with E-state index in [0.29, 0.717) is 5.56 Å². The summed E-state index contributed by atoms with van der Waals surface area (Å²) >= 11 is 0. The highest BCUT2D eigenvalue weighted by Gasteiger charge is 2.08. The van der Waals surface area contributed by atoms with Crippen LogP contribution < -0.4 is 0 Å². The molecule has 0 fully saturated rings. The van der Waals surface area contributed by atoms with Crippen molar-refractivity contribution in [1.82, 2.24) is 4.98 Å². The van der Waals surface area contributed by atoms with Gasteiger partial charge in [0.25, 0.3) is 0 Å². The van der Waals surface area contributed by atoms with Crippen LogP contribution in [-0.2, 0) is 4.74 Å². The molecule has 0 radical (unpaired) electrons. The zero-order valence-corrected chi connectivity index (χ0v) is 9.36. The number of H-pyrrole nitrogens is 1. The van der Waals surface area contributed by atoms with Crippen molar-refractivity contribution in [2.75, 3.05) is 7.11 Å². The normalized spacial score (nSPS) is 10.9. The lowest BCUT2D eigenvalue weighted by molar-refractivity contribution is 0.0601. The molecular formula is C14H11NO2. The Bertz CT molecular complexity index is 712. The summed E-state index contributed by atoms with van der Waals surface area (Å²) in [4.78, 5) is 14.7. The fourth-order valence-electron chi connectivity index (χ4n) is 2.10. The fraction of sp³-hybridized carbons (Fsp3) is 0.0714. The summed E-state index contributed by atoms with van der Waals surface area (Å²) < 4.78 is 4.71. The maximum atomic E-state index is 11.4. The molecule has 0 unspecified atom stereocenters. The number of methoxy groups -OCH3 is 1. The molecule has 3 aromatic rings. The molecule has 0 amide bonds. The van der Waals surface area contributed by atoms with Crippen molar-refractivity contribution in [3.8, 4) is 0 Å². The number of carbonyl (C=O) groups is 1. The highest BCUT2D eigenvalue weighted by atomic mass is 16.5. The number of hydrogen-bond donors (Lipinski definition) is 1. The molecule has 84 valence electrons. The van der Waals surface area contributed by atoms with Gasteiger partial charge >= 0.3 is 5.97 Å². The SMILES string of the molecule is COC(=O)c1ccc2c(c1)[nH]c1ccccc12. The number of nitrogens with one attached hydrogen (secondary N) is 1. The van der Waals surface area contributed by atoms with E-state index in [4.69, 9.17) is 4.74 Å². The monoisotopic (exact) mass is 225 g/mol. The highest BCUT2D eigenvalue weighted by molar-refractivity contribution is 6.08. The molecule has 0 atom stereocenters. The Hall–Kier alpha value is -2.29. The Kier molecular flexibility index (Phi) is 2.11. The second kappa shape index (κ2) is 3.63. The molecular weight excluding hydrogens is 214 g/mol. The molecule has 0 aliphatic carbocycles. The molecule has 2 aromatic carbocycles. The standard InChI is InChI=1S/C14H11NO2/c1-17-14(16)9-6-7-11-10-4-2-3-5-12(10)15-13(11)8-9/h2-8,15H,1H3. The maximum Gasteiger partial charge on any atom is 0.337 e. The van der Waals surface area contributed by atoms with Crippen LogP contribution in [-0.4, -0.2) is 18.1 Å². The zero-order chi connectivity index (χ0) is 11.8. The van der Waals surface area contributed by atoms with Crippen molar-refractivity contribution in [3.05, 3.63) is 48.0 Å². The van der Waals surface area contributed by atoms with Crippen LogP contribution in [0.5, 0.6) is 0 Å². The molecule has 1 heterocycles. The number of ether oxygens (including phenoxy) is 1. The number of aromatic amines is 1. The lowest BCUT2D eigenvalue weighted by Crippen LogP contribution is -2.00. The smallest absolute Gasteiger partial charge is 0.337 e. The predicted molar refractivity (Wildman–Crippen MR) is 67.1 cm³/mol. The fourth-order valence-corrected chi connectivity index (χ4v) is 2.10. The zero-order valence-electron chi connectivity index (χ0n) is 9.36. The molecule has 1 N–H and O–H groups in total. The topological polar surface area (TPSA) is 42.1 Å². The van der Waals surface area contributed by atoms with Crippen LogP contribution in [0.2, 0.25) is 0 Å². The van der Waals surface area contributed by atoms with Crippen LogP contribution in [0.3, 0.4) is 0 Å². The van der Waals surface area contributed by atoms with Crippen molar-refractivity contribution < 1.29 is 9.53 Å². The molecule has 0 spiro atoms. The van der Waals surface area contributed by atoms with Gasteiger partial charge in [-0.25, -0.2) is 4.79 Å². The van der Waals surface area contributed by atoms with Gasteiger partial charge < -0.3 is 9.72 Å². The molecule has 0 aliphatic rings. The van der Waals surface area contributed by atoms with E-state index < -0.39 is 0 Å². The highest BCUT2D eigenvalue weighted by Crippen LogP contribution is 2.25. The average molecular weight is 225 g/mol.